The number of aromatic nitrogens is 2. The molecule has 1 unspecified atom stereocenters. The number of hydrogen-bond acceptors (Lipinski definition) is 5. The van der Waals surface area contributed by atoms with Crippen molar-refractivity contribution in [3.8, 4) is 10.6 Å². The van der Waals surface area contributed by atoms with Crippen molar-refractivity contribution in [3.63, 3.8) is 0 Å². The zero-order valence-electron chi connectivity index (χ0n) is 13.2. The molecule has 3 N–H and O–H groups in total. The van der Waals surface area contributed by atoms with Gasteiger partial charge in [-0.05, 0) is 31.9 Å². The molecule has 0 saturated carbocycles. The average Bonchev–Trinajstić information content (AvgIpc) is 3.02. The third kappa shape index (κ3) is 3.80. The summed E-state index contributed by atoms with van der Waals surface area (Å²) < 4.78 is 27.3. The Bertz CT molecular complexity index is 821. The van der Waals surface area contributed by atoms with Gasteiger partial charge < -0.3 is 5.11 Å². The summed E-state index contributed by atoms with van der Waals surface area (Å²) in [6.07, 6.45) is 0. The summed E-state index contributed by atoms with van der Waals surface area (Å²) in [5.41, 5.74) is 1.54. The van der Waals surface area contributed by atoms with E-state index in [0.29, 0.717) is 15.4 Å². The molecule has 1 atom stereocenters. The maximum absolute atomic E-state index is 12.5. The van der Waals surface area contributed by atoms with Crippen LogP contribution in [0.2, 0.25) is 0 Å². The van der Waals surface area contributed by atoms with E-state index >= 15 is 0 Å². The number of aliphatic carboxylic acids is 1. The normalized spacial score (nSPS) is 13.4. The number of aromatic amines is 1. The van der Waals surface area contributed by atoms with Crippen LogP contribution in [0.5, 0.6) is 0 Å². The molecule has 0 aliphatic heterocycles. The predicted molar refractivity (Wildman–Crippen MR) is 88.0 cm³/mol. The topological polar surface area (TPSA) is 112 Å². The standard InChI is InChI=1S/C14H19N3O4S2/c1-7(2)13(14(18)19)17-23(20,21)12-6-11(22-9(12)4)10-5-8(3)15-16-10/h5-7,13,17H,1-4H3,(H,15,16)(H,18,19). The van der Waals surface area contributed by atoms with Gasteiger partial charge in [0.2, 0.25) is 10.0 Å². The fourth-order valence-corrected chi connectivity index (χ4v) is 4.99. The summed E-state index contributed by atoms with van der Waals surface area (Å²) >= 11 is 1.30. The van der Waals surface area contributed by atoms with E-state index in [9.17, 15) is 18.3 Å². The maximum atomic E-state index is 12.5. The Morgan fingerprint density at radius 1 is 1.35 bits per heavy atom. The van der Waals surface area contributed by atoms with Crippen LogP contribution in [-0.2, 0) is 14.8 Å². The van der Waals surface area contributed by atoms with Crippen molar-refractivity contribution in [3.05, 3.63) is 22.7 Å². The fourth-order valence-electron chi connectivity index (χ4n) is 2.10. The highest BCUT2D eigenvalue weighted by molar-refractivity contribution is 7.89. The van der Waals surface area contributed by atoms with Crippen LogP contribution < -0.4 is 4.72 Å². The third-order valence-corrected chi connectivity index (χ3v) is 6.10. The molecule has 0 aliphatic rings. The molecular weight excluding hydrogens is 338 g/mol. The quantitative estimate of drug-likeness (QED) is 0.733. The number of carboxylic acids is 1. The monoisotopic (exact) mass is 357 g/mol. The first-order valence-corrected chi connectivity index (χ1v) is 9.29. The minimum atomic E-state index is -3.92. The molecule has 2 rings (SSSR count). The Morgan fingerprint density at radius 2 is 2.00 bits per heavy atom. The van der Waals surface area contributed by atoms with Crippen molar-refractivity contribution in [2.24, 2.45) is 5.92 Å². The van der Waals surface area contributed by atoms with E-state index in [1.165, 1.54) is 17.4 Å². The van der Waals surface area contributed by atoms with Gasteiger partial charge in [0.1, 0.15) is 11.7 Å². The van der Waals surface area contributed by atoms with E-state index in [1.807, 2.05) is 13.0 Å². The number of carboxylic acid groups (broad SMARTS) is 1. The van der Waals surface area contributed by atoms with Crippen LogP contribution in [0.3, 0.4) is 0 Å². The van der Waals surface area contributed by atoms with Crippen molar-refractivity contribution in [2.75, 3.05) is 0 Å². The second kappa shape index (κ2) is 6.42. The summed E-state index contributed by atoms with van der Waals surface area (Å²) in [5.74, 6) is -1.56. The van der Waals surface area contributed by atoms with Crippen LogP contribution in [0.25, 0.3) is 10.6 Å². The van der Waals surface area contributed by atoms with E-state index in [-0.39, 0.29) is 10.8 Å². The van der Waals surface area contributed by atoms with Gasteiger partial charge in [0.15, 0.2) is 0 Å². The molecule has 0 saturated heterocycles. The Labute approximate surface area is 138 Å². The molecule has 7 nitrogen and oxygen atoms in total. The molecule has 0 bridgehead atoms. The molecular formula is C14H19N3O4S2. The summed E-state index contributed by atoms with van der Waals surface area (Å²) in [5, 5.41) is 16.1. The molecule has 0 fully saturated rings. The minimum absolute atomic E-state index is 0.0880. The first-order chi connectivity index (χ1) is 10.6. The first-order valence-electron chi connectivity index (χ1n) is 6.99. The van der Waals surface area contributed by atoms with Gasteiger partial charge in [-0.2, -0.15) is 9.82 Å². The number of nitrogens with one attached hydrogen (secondary N) is 2. The minimum Gasteiger partial charge on any atom is -0.480 e. The molecule has 2 heterocycles. The average molecular weight is 357 g/mol. The second-order valence-corrected chi connectivity index (χ2v) is 8.59. The van der Waals surface area contributed by atoms with Crippen molar-refractivity contribution in [1.82, 2.24) is 14.9 Å². The maximum Gasteiger partial charge on any atom is 0.322 e. The Balaban J connectivity index is 2.37. The molecule has 126 valence electrons. The molecule has 23 heavy (non-hydrogen) atoms. The second-order valence-electron chi connectivity index (χ2n) is 5.65. The van der Waals surface area contributed by atoms with Gasteiger partial charge in [-0.1, -0.05) is 13.8 Å². The molecule has 0 spiro atoms. The lowest BCUT2D eigenvalue weighted by atomic mass is 10.1. The van der Waals surface area contributed by atoms with Gasteiger partial charge in [-0.3, -0.25) is 9.89 Å². The smallest absolute Gasteiger partial charge is 0.322 e. The van der Waals surface area contributed by atoms with E-state index in [4.69, 9.17) is 0 Å². The first kappa shape index (κ1) is 17.6. The van der Waals surface area contributed by atoms with Crippen molar-refractivity contribution in [2.45, 2.75) is 38.6 Å². The highest BCUT2D eigenvalue weighted by Gasteiger charge is 2.30. The number of aryl methyl sites for hydroxylation is 2. The number of nitrogens with zero attached hydrogens (tertiary/aromatic N) is 1. The van der Waals surface area contributed by atoms with Crippen LogP contribution in [0.15, 0.2) is 17.0 Å². The van der Waals surface area contributed by atoms with Crippen LogP contribution in [0.4, 0.5) is 0 Å². The Morgan fingerprint density at radius 3 is 2.48 bits per heavy atom. The largest absolute Gasteiger partial charge is 0.480 e. The highest BCUT2D eigenvalue weighted by Crippen LogP contribution is 2.33. The highest BCUT2D eigenvalue weighted by atomic mass is 32.2. The van der Waals surface area contributed by atoms with Gasteiger partial charge >= 0.3 is 5.97 Å². The predicted octanol–water partition coefficient (Wildman–Crippen LogP) is 2.14. The molecule has 9 heteroatoms. The molecule has 0 aliphatic carbocycles. The van der Waals surface area contributed by atoms with E-state index in [1.54, 1.807) is 20.8 Å². The zero-order valence-corrected chi connectivity index (χ0v) is 14.9. The number of rotatable bonds is 6. The fraction of sp³-hybridized carbons (Fsp3) is 0.429. The zero-order chi connectivity index (χ0) is 17.4. The van der Waals surface area contributed by atoms with E-state index in [0.717, 1.165) is 5.69 Å². The Hall–Kier alpha value is -1.71. The lowest BCUT2D eigenvalue weighted by Crippen LogP contribution is -2.44. The van der Waals surface area contributed by atoms with Crippen molar-refractivity contribution in [1.29, 1.82) is 0 Å². The van der Waals surface area contributed by atoms with Gasteiger partial charge in [0.05, 0.1) is 9.77 Å². The number of hydrogen-bond donors (Lipinski definition) is 3. The number of thiophene rings is 1. The van der Waals surface area contributed by atoms with Gasteiger partial charge in [-0.25, -0.2) is 8.42 Å². The van der Waals surface area contributed by atoms with Crippen LogP contribution in [-0.4, -0.2) is 35.7 Å². The van der Waals surface area contributed by atoms with Crippen LogP contribution in [0.1, 0.15) is 24.4 Å². The molecule has 0 aromatic carbocycles. The summed E-state index contributed by atoms with van der Waals surface area (Å²) in [4.78, 5) is 12.6. The molecule has 0 amide bonds. The van der Waals surface area contributed by atoms with Crippen molar-refractivity contribution < 1.29 is 18.3 Å². The van der Waals surface area contributed by atoms with Gasteiger partial charge in [0, 0.05) is 10.6 Å². The lowest BCUT2D eigenvalue weighted by molar-refractivity contribution is -0.140. The molecule has 2 aromatic heterocycles. The van der Waals surface area contributed by atoms with Crippen molar-refractivity contribution >= 4 is 27.3 Å². The summed E-state index contributed by atoms with van der Waals surface area (Å²) in [7, 11) is -3.92. The number of H-pyrrole nitrogens is 1. The number of sulfonamides is 1. The summed E-state index contributed by atoms with van der Waals surface area (Å²) in [6, 6.07) is 2.18. The molecule has 2 aromatic rings. The van der Waals surface area contributed by atoms with Crippen LogP contribution in [0, 0.1) is 19.8 Å². The summed E-state index contributed by atoms with van der Waals surface area (Å²) in [6.45, 7) is 6.85. The van der Waals surface area contributed by atoms with E-state index < -0.39 is 22.0 Å². The third-order valence-electron chi connectivity index (χ3n) is 3.33. The SMILES string of the molecule is Cc1cc(-c2cc(S(=O)(=O)NC(C(=O)O)C(C)C)c(C)s2)n[nH]1. The Kier molecular flexibility index (Phi) is 4.92. The lowest BCUT2D eigenvalue weighted by Gasteiger charge is -2.17. The molecule has 0 radical (unpaired) electrons. The van der Waals surface area contributed by atoms with Crippen LogP contribution >= 0.6 is 11.3 Å². The van der Waals surface area contributed by atoms with Gasteiger partial charge in [0.25, 0.3) is 0 Å². The number of carbonyl (C=O) groups is 1. The van der Waals surface area contributed by atoms with E-state index in [2.05, 4.69) is 14.9 Å². The van der Waals surface area contributed by atoms with Gasteiger partial charge in [-0.15, -0.1) is 11.3 Å².